The van der Waals surface area contributed by atoms with Crippen LogP contribution < -0.4 is 0 Å². The van der Waals surface area contributed by atoms with Gasteiger partial charge in [-0.1, -0.05) is 55.7 Å². The number of Topliss-reactive ketones (excluding diaryl/α,β-unsaturated/α-hetero) is 1. The Kier molecular flexibility index (Phi) is 10.2. The third-order valence-electron chi connectivity index (χ3n) is 5.69. The zero-order chi connectivity index (χ0) is 21.9. The molecule has 1 fully saturated rings. The van der Waals surface area contributed by atoms with Crippen LogP contribution in [0.1, 0.15) is 56.1 Å². The van der Waals surface area contributed by atoms with Gasteiger partial charge in [0.2, 0.25) is 0 Å². The maximum absolute atomic E-state index is 12.3. The van der Waals surface area contributed by atoms with Crippen LogP contribution in [0.3, 0.4) is 0 Å². The minimum Gasteiger partial charge on any atom is -0.481 e. The second-order valence-corrected chi connectivity index (χ2v) is 8.18. The van der Waals surface area contributed by atoms with Crippen molar-refractivity contribution in [1.82, 2.24) is 0 Å². The second-order valence-electron chi connectivity index (χ2n) is 8.18. The van der Waals surface area contributed by atoms with Crippen LogP contribution >= 0.6 is 0 Å². The normalized spacial score (nSPS) is 22.6. The summed E-state index contributed by atoms with van der Waals surface area (Å²) in [4.78, 5) is 22.8. The first-order chi connectivity index (χ1) is 14.4. The predicted molar refractivity (Wildman–Crippen MR) is 114 cm³/mol. The Morgan fingerprint density at radius 1 is 1.23 bits per heavy atom. The number of carboxylic acids is 1. The molecule has 1 aliphatic rings. The third-order valence-corrected chi connectivity index (χ3v) is 5.69. The first kappa shape index (κ1) is 24.3. The van der Waals surface area contributed by atoms with Crippen LogP contribution in [0.15, 0.2) is 36.4 Å². The molecule has 0 aliphatic heterocycles. The highest BCUT2D eigenvalue weighted by Gasteiger charge is 2.39. The number of methoxy groups -OCH3 is 1. The molecule has 0 heterocycles. The van der Waals surface area contributed by atoms with Crippen molar-refractivity contribution < 1.29 is 29.6 Å². The van der Waals surface area contributed by atoms with Crippen LogP contribution in [0, 0.1) is 11.8 Å². The van der Waals surface area contributed by atoms with Crippen LogP contribution in [0.25, 0.3) is 0 Å². The zero-order valence-corrected chi connectivity index (χ0v) is 17.7. The number of carboxylic acid groups (broad SMARTS) is 1. The number of carbonyl (C=O) groups is 2. The summed E-state index contributed by atoms with van der Waals surface area (Å²) in [5.74, 6) is -1.21. The number of unbranched alkanes of at least 4 members (excludes halogenated alkanes) is 3. The summed E-state index contributed by atoms with van der Waals surface area (Å²) in [6.45, 7) is 0.522. The quantitative estimate of drug-likeness (QED) is 0.335. The molecule has 4 atom stereocenters. The molecule has 1 aliphatic carbocycles. The number of aliphatic hydroxyl groups excluding tert-OH is 2. The van der Waals surface area contributed by atoms with Gasteiger partial charge < -0.3 is 20.1 Å². The van der Waals surface area contributed by atoms with Crippen molar-refractivity contribution in [2.45, 2.75) is 70.2 Å². The molecule has 166 valence electrons. The lowest BCUT2D eigenvalue weighted by Gasteiger charge is -2.18. The number of hydrogen-bond donors (Lipinski definition) is 3. The van der Waals surface area contributed by atoms with Crippen molar-refractivity contribution in [3.63, 3.8) is 0 Å². The number of hydrogen-bond acceptors (Lipinski definition) is 5. The summed E-state index contributed by atoms with van der Waals surface area (Å²) in [6.07, 6.45) is 6.77. The minimum absolute atomic E-state index is 0.0736. The van der Waals surface area contributed by atoms with Gasteiger partial charge in [0.25, 0.3) is 0 Å². The third kappa shape index (κ3) is 8.01. The Labute approximate surface area is 178 Å². The molecule has 6 heteroatoms. The van der Waals surface area contributed by atoms with Gasteiger partial charge in [-0.25, -0.2) is 0 Å². The van der Waals surface area contributed by atoms with E-state index >= 15 is 0 Å². The van der Waals surface area contributed by atoms with Gasteiger partial charge in [0.15, 0.2) is 0 Å². The van der Waals surface area contributed by atoms with Gasteiger partial charge in [-0.2, -0.15) is 0 Å². The SMILES string of the molecule is COCc1cccc(C[C@H](O)C=C[C@H]2[C@H](O)CC(=O)[C@@H]2CCCCCCC(=O)O)c1. The largest absolute Gasteiger partial charge is 0.481 e. The molecule has 0 aromatic heterocycles. The average molecular weight is 419 g/mol. The highest BCUT2D eigenvalue weighted by molar-refractivity contribution is 5.84. The molecule has 0 amide bonds. The van der Waals surface area contributed by atoms with Crippen molar-refractivity contribution in [3.8, 4) is 0 Å². The molecule has 1 aromatic rings. The van der Waals surface area contributed by atoms with E-state index in [-0.39, 0.29) is 30.5 Å². The summed E-state index contributed by atoms with van der Waals surface area (Å²) in [5, 5.41) is 29.4. The smallest absolute Gasteiger partial charge is 0.303 e. The first-order valence-electron chi connectivity index (χ1n) is 10.8. The maximum atomic E-state index is 12.3. The van der Waals surface area contributed by atoms with Gasteiger partial charge in [-0.3, -0.25) is 9.59 Å². The van der Waals surface area contributed by atoms with Crippen molar-refractivity contribution in [3.05, 3.63) is 47.5 Å². The molecule has 0 bridgehead atoms. The van der Waals surface area contributed by atoms with Gasteiger partial charge in [0, 0.05) is 38.2 Å². The Morgan fingerprint density at radius 3 is 2.70 bits per heavy atom. The lowest BCUT2D eigenvalue weighted by molar-refractivity contribution is -0.137. The summed E-state index contributed by atoms with van der Waals surface area (Å²) in [6, 6.07) is 7.87. The van der Waals surface area contributed by atoms with Gasteiger partial charge in [0.05, 0.1) is 18.8 Å². The fourth-order valence-electron chi connectivity index (χ4n) is 4.17. The fraction of sp³-hybridized carbons (Fsp3) is 0.583. The van der Waals surface area contributed by atoms with Crippen molar-refractivity contribution in [2.24, 2.45) is 11.8 Å². The van der Waals surface area contributed by atoms with Crippen LogP contribution in [-0.4, -0.2) is 46.4 Å². The molecule has 0 unspecified atom stereocenters. The summed E-state index contributed by atoms with van der Waals surface area (Å²) in [5.41, 5.74) is 2.05. The van der Waals surface area contributed by atoms with E-state index in [1.54, 1.807) is 19.3 Å². The Bertz CT molecular complexity index is 713. The number of aliphatic hydroxyl groups is 2. The van der Waals surface area contributed by atoms with Gasteiger partial charge in [0.1, 0.15) is 5.78 Å². The Hall–Kier alpha value is -2.02. The number of carbonyl (C=O) groups excluding carboxylic acids is 1. The average Bonchev–Trinajstić information content (AvgIpc) is 2.95. The van der Waals surface area contributed by atoms with Crippen molar-refractivity contribution in [1.29, 1.82) is 0 Å². The van der Waals surface area contributed by atoms with Crippen LogP contribution in [0.5, 0.6) is 0 Å². The topological polar surface area (TPSA) is 104 Å². The van der Waals surface area contributed by atoms with Crippen molar-refractivity contribution in [2.75, 3.05) is 7.11 Å². The van der Waals surface area contributed by atoms with E-state index in [4.69, 9.17) is 9.84 Å². The summed E-state index contributed by atoms with van der Waals surface area (Å²) < 4.78 is 5.14. The zero-order valence-electron chi connectivity index (χ0n) is 17.7. The summed E-state index contributed by atoms with van der Waals surface area (Å²) >= 11 is 0. The predicted octanol–water partition coefficient (Wildman–Crippen LogP) is 3.28. The number of rotatable bonds is 13. The van der Waals surface area contributed by atoms with E-state index in [0.29, 0.717) is 25.9 Å². The monoisotopic (exact) mass is 418 g/mol. The van der Waals surface area contributed by atoms with Gasteiger partial charge in [-0.05, 0) is 24.0 Å². The number of benzene rings is 1. The Morgan fingerprint density at radius 2 is 1.97 bits per heavy atom. The first-order valence-corrected chi connectivity index (χ1v) is 10.8. The molecule has 3 N–H and O–H groups in total. The lowest BCUT2D eigenvalue weighted by Crippen LogP contribution is -2.19. The number of ether oxygens (including phenoxy) is 1. The standard InChI is InChI=1S/C24H34O6/c1-30-16-18-8-6-7-17(13-18)14-19(25)11-12-21-20(22(26)15-23(21)27)9-4-2-3-5-10-24(28)29/h6-8,11-13,19-21,23,25,27H,2-5,9-10,14-16H2,1H3,(H,28,29)/t19-,20-,21-,23-/m1/s1. The molecule has 0 spiro atoms. The molecule has 6 nitrogen and oxygen atoms in total. The molecule has 30 heavy (non-hydrogen) atoms. The number of ketones is 1. The fourth-order valence-corrected chi connectivity index (χ4v) is 4.17. The van der Waals surface area contributed by atoms with Crippen LogP contribution in [-0.2, 0) is 27.4 Å². The molecule has 1 aromatic carbocycles. The Balaban J connectivity index is 1.85. The minimum atomic E-state index is -0.779. The van der Waals surface area contributed by atoms with Crippen LogP contribution in [0.2, 0.25) is 0 Å². The van der Waals surface area contributed by atoms with E-state index in [0.717, 1.165) is 30.4 Å². The van der Waals surface area contributed by atoms with E-state index in [9.17, 15) is 19.8 Å². The molecule has 1 saturated carbocycles. The highest BCUT2D eigenvalue weighted by atomic mass is 16.5. The van der Waals surface area contributed by atoms with Gasteiger partial charge in [-0.15, -0.1) is 0 Å². The number of aliphatic carboxylic acids is 1. The van der Waals surface area contributed by atoms with Gasteiger partial charge >= 0.3 is 5.97 Å². The van der Waals surface area contributed by atoms with Crippen LogP contribution in [0.4, 0.5) is 0 Å². The highest BCUT2D eigenvalue weighted by Crippen LogP contribution is 2.34. The molecule has 2 rings (SSSR count). The maximum Gasteiger partial charge on any atom is 0.303 e. The van der Waals surface area contributed by atoms with E-state index in [2.05, 4.69) is 0 Å². The second kappa shape index (κ2) is 12.6. The van der Waals surface area contributed by atoms with E-state index in [1.807, 2.05) is 24.3 Å². The van der Waals surface area contributed by atoms with E-state index < -0.39 is 18.2 Å². The lowest BCUT2D eigenvalue weighted by atomic mass is 9.88. The molecule has 0 saturated heterocycles. The molecular weight excluding hydrogens is 384 g/mol. The van der Waals surface area contributed by atoms with E-state index in [1.165, 1.54) is 0 Å². The van der Waals surface area contributed by atoms with Crippen molar-refractivity contribution >= 4 is 11.8 Å². The molecule has 0 radical (unpaired) electrons. The molecular formula is C24H34O6. The summed E-state index contributed by atoms with van der Waals surface area (Å²) in [7, 11) is 1.64.